The van der Waals surface area contributed by atoms with Gasteiger partial charge in [0.15, 0.2) is 0 Å². The largest absolute Gasteiger partial charge is 0.494 e. The van der Waals surface area contributed by atoms with Gasteiger partial charge in [-0.25, -0.2) is 0 Å². The molecule has 0 heterocycles. The Morgan fingerprint density at radius 1 is 1.50 bits per heavy atom. The molecule has 1 rings (SSSR count). The first-order valence-electron chi connectivity index (χ1n) is 3.88. The maximum Gasteiger partial charge on any atom is 0.120 e. The van der Waals surface area contributed by atoms with Crippen LogP contribution in [0.4, 0.5) is 5.69 Å². The Morgan fingerprint density at radius 3 is 2.75 bits per heavy atom. The van der Waals surface area contributed by atoms with Crippen molar-refractivity contribution in [3.05, 3.63) is 23.2 Å². The van der Waals surface area contributed by atoms with E-state index in [2.05, 4.69) is 5.32 Å². The van der Waals surface area contributed by atoms with Crippen LogP contribution in [0.25, 0.3) is 0 Å². The minimum Gasteiger partial charge on any atom is -0.494 e. The van der Waals surface area contributed by atoms with E-state index in [4.69, 9.17) is 16.3 Å². The summed E-state index contributed by atoms with van der Waals surface area (Å²) in [5.41, 5.74) is 0.917. The van der Waals surface area contributed by atoms with Gasteiger partial charge in [-0.1, -0.05) is 11.6 Å². The average Bonchev–Trinajstić information content (AvgIpc) is 2.05. The first-order chi connectivity index (χ1) is 5.77. The topological polar surface area (TPSA) is 21.3 Å². The highest BCUT2D eigenvalue weighted by Gasteiger charge is 1.99. The van der Waals surface area contributed by atoms with E-state index in [1.165, 1.54) is 0 Å². The smallest absolute Gasteiger partial charge is 0.120 e. The number of nitrogens with one attached hydrogen (secondary N) is 1. The Bertz CT molecular complexity index is 263. The number of ether oxygens (including phenoxy) is 1. The molecule has 0 spiro atoms. The Balaban J connectivity index is 2.86. The van der Waals surface area contributed by atoms with Crippen LogP contribution in [-0.2, 0) is 0 Å². The minimum absolute atomic E-state index is 0.662. The molecule has 12 heavy (non-hydrogen) atoms. The van der Waals surface area contributed by atoms with Crippen LogP contribution < -0.4 is 10.1 Å². The second-order valence-corrected chi connectivity index (χ2v) is 2.73. The average molecular weight is 186 g/mol. The molecule has 0 aliphatic carbocycles. The normalized spacial score (nSPS) is 9.58. The van der Waals surface area contributed by atoms with Gasteiger partial charge in [0.2, 0.25) is 0 Å². The van der Waals surface area contributed by atoms with Gasteiger partial charge in [0.25, 0.3) is 0 Å². The predicted octanol–water partition coefficient (Wildman–Crippen LogP) is 2.78. The van der Waals surface area contributed by atoms with Crippen LogP contribution in [0.1, 0.15) is 6.92 Å². The van der Waals surface area contributed by atoms with E-state index in [0.29, 0.717) is 11.6 Å². The molecule has 66 valence electrons. The Morgan fingerprint density at radius 2 is 2.25 bits per heavy atom. The van der Waals surface area contributed by atoms with E-state index in [9.17, 15) is 0 Å². The summed E-state index contributed by atoms with van der Waals surface area (Å²) in [6.07, 6.45) is 0. The zero-order valence-electron chi connectivity index (χ0n) is 7.23. The highest BCUT2D eigenvalue weighted by molar-refractivity contribution is 6.33. The molecule has 1 aromatic carbocycles. The van der Waals surface area contributed by atoms with Gasteiger partial charge >= 0.3 is 0 Å². The summed E-state index contributed by atoms with van der Waals surface area (Å²) in [5.74, 6) is 0.807. The second-order valence-electron chi connectivity index (χ2n) is 2.32. The van der Waals surface area contributed by atoms with Gasteiger partial charge in [0, 0.05) is 13.1 Å². The van der Waals surface area contributed by atoms with Crippen molar-refractivity contribution in [2.75, 3.05) is 19.0 Å². The molecule has 0 radical (unpaired) electrons. The van der Waals surface area contributed by atoms with Crippen LogP contribution in [0.3, 0.4) is 0 Å². The number of rotatable bonds is 3. The molecular weight excluding hydrogens is 174 g/mol. The zero-order chi connectivity index (χ0) is 8.97. The number of hydrogen-bond acceptors (Lipinski definition) is 2. The third-order valence-corrected chi connectivity index (χ3v) is 1.83. The highest BCUT2D eigenvalue weighted by atomic mass is 35.5. The summed E-state index contributed by atoms with van der Waals surface area (Å²) in [7, 11) is 1.83. The van der Waals surface area contributed by atoms with Crippen molar-refractivity contribution in [2.45, 2.75) is 6.92 Å². The fourth-order valence-electron chi connectivity index (χ4n) is 0.955. The van der Waals surface area contributed by atoms with E-state index in [1.54, 1.807) is 6.07 Å². The van der Waals surface area contributed by atoms with Gasteiger partial charge in [-0.15, -0.1) is 0 Å². The number of anilines is 1. The lowest BCUT2D eigenvalue weighted by Gasteiger charge is -2.06. The van der Waals surface area contributed by atoms with Gasteiger partial charge in [-0.3, -0.25) is 0 Å². The molecule has 1 N–H and O–H groups in total. The maximum atomic E-state index is 5.92. The fraction of sp³-hybridized carbons (Fsp3) is 0.333. The third kappa shape index (κ3) is 2.05. The molecule has 0 bridgehead atoms. The lowest BCUT2D eigenvalue weighted by Crippen LogP contribution is -1.93. The van der Waals surface area contributed by atoms with Crippen LogP contribution in [0.5, 0.6) is 5.75 Å². The van der Waals surface area contributed by atoms with Crippen LogP contribution in [0, 0.1) is 0 Å². The molecule has 0 fully saturated rings. The maximum absolute atomic E-state index is 5.92. The molecule has 0 atom stereocenters. The molecule has 0 aromatic heterocycles. The predicted molar refractivity (Wildman–Crippen MR) is 52.2 cm³/mol. The van der Waals surface area contributed by atoms with Gasteiger partial charge in [-0.2, -0.15) is 0 Å². The molecule has 1 aromatic rings. The van der Waals surface area contributed by atoms with Crippen LogP contribution >= 0.6 is 11.6 Å². The molecule has 3 heteroatoms. The summed E-state index contributed by atoms with van der Waals surface area (Å²) < 4.78 is 5.27. The molecule has 0 unspecified atom stereocenters. The first-order valence-corrected chi connectivity index (χ1v) is 4.25. The number of hydrogen-bond donors (Lipinski definition) is 1. The Hall–Kier alpha value is -0.890. The lowest BCUT2D eigenvalue weighted by molar-refractivity contribution is 0.340. The fourth-order valence-corrected chi connectivity index (χ4v) is 1.22. The molecule has 0 aliphatic rings. The molecule has 0 saturated carbocycles. The molecule has 0 aliphatic heterocycles. The van der Waals surface area contributed by atoms with Crippen molar-refractivity contribution in [3.63, 3.8) is 0 Å². The Kier molecular flexibility index (Phi) is 3.23. The van der Waals surface area contributed by atoms with Gasteiger partial charge in [0.1, 0.15) is 5.75 Å². The molecule has 0 amide bonds. The molecule has 0 saturated heterocycles. The zero-order valence-corrected chi connectivity index (χ0v) is 7.98. The van der Waals surface area contributed by atoms with Crippen molar-refractivity contribution in [2.24, 2.45) is 0 Å². The Labute approximate surface area is 77.5 Å². The monoisotopic (exact) mass is 185 g/mol. The van der Waals surface area contributed by atoms with E-state index in [-0.39, 0.29) is 0 Å². The minimum atomic E-state index is 0.662. The molecule has 2 nitrogen and oxygen atoms in total. The van der Waals surface area contributed by atoms with Gasteiger partial charge in [0.05, 0.1) is 17.3 Å². The van der Waals surface area contributed by atoms with Gasteiger partial charge in [-0.05, 0) is 19.1 Å². The summed E-state index contributed by atoms with van der Waals surface area (Å²) in [5, 5.41) is 3.66. The third-order valence-electron chi connectivity index (χ3n) is 1.52. The second kappa shape index (κ2) is 4.21. The summed E-state index contributed by atoms with van der Waals surface area (Å²) in [6.45, 7) is 2.61. The SMILES string of the molecule is CCOc1ccc(NC)c(Cl)c1. The van der Waals surface area contributed by atoms with Crippen molar-refractivity contribution in [1.82, 2.24) is 0 Å². The molecular formula is C9H12ClNO. The van der Waals surface area contributed by atoms with E-state index in [1.807, 2.05) is 26.1 Å². The highest BCUT2D eigenvalue weighted by Crippen LogP contribution is 2.26. The summed E-state index contributed by atoms with van der Waals surface area (Å²) >= 11 is 5.92. The quantitative estimate of drug-likeness (QED) is 0.782. The van der Waals surface area contributed by atoms with Crippen molar-refractivity contribution in [3.8, 4) is 5.75 Å². The van der Waals surface area contributed by atoms with E-state index >= 15 is 0 Å². The summed E-state index contributed by atoms with van der Waals surface area (Å²) in [4.78, 5) is 0. The van der Waals surface area contributed by atoms with Crippen LogP contribution in [0.2, 0.25) is 5.02 Å². The van der Waals surface area contributed by atoms with E-state index < -0.39 is 0 Å². The van der Waals surface area contributed by atoms with Crippen molar-refractivity contribution in [1.29, 1.82) is 0 Å². The van der Waals surface area contributed by atoms with Crippen LogP contribution in [0.15, 0.2) is 18.2 Å². The summed E-state index contributed by atoms with van der Waals surface area (Å²) in [6, 6.07) is 5.59. The van der Waals surface area contributed by atoms with Crippen LogP contribution in [-0.4, -0.2) is 13.7 Å². The number of halogens is 1. The standard InChI is InChI=1S/C9H12ClNO/c1-3-12-7-4-5-9(11-2)8(10)6-7/h4-6,11H,3H2,1-2H3. The van der Waals surface area contributed by atoms with Gasteiger partial charge < -0.3 is 10.1 Å². The van der Waals surface area contributed by atoms with Crippen molar-refractivity contribution >= 4 is 17.3 Å². The van der Waals surface area contributed by atoms with E-state index in [0.717, 1.165) is 11.4 Å². The lowest BCUT2D eigenvalue weighted by atomic mass is 10.3. The van der Waals surface area contributed by atoms with Crippen molar-refractivity contribution < 1.29 is 4.74 Å². The number of benzene rings is 1. The first kappa shape index (κ1) is 9.20.